The maximum Gasteiger partial charge on any atom is 0.213 e. The number of hydrogen-bond acceptors (Lipinski definition) is 5. The Balaban J connectivity index is 0.00000420. The molecular weight excluding hydrogens is 483 g/mol. The molecule has 1 heterocycles. The number of rotatable bonds is 10. The van der Waals surface area contributed by atoms with Gasteiger partial charge in [0.1, 0.15) is 0 Å². The Hall–Kier alpha value is -2.23. The Bertz CT molecular complexity index is 754. The molecule has 1 aromatic carbocycles. The molecule has 0 aliphatic carbocycles. The molecule has 2 N–H and O–H groups in total. The summed E-state index contributed by atoms with van der Waals surface area (Å²) in [4.78, 5) is 8.94. The van der Waals surface area contributed by atoms with Crippen molar-refractivity contribution < 1.29 is 14.2 Å². The van der Waals surface area contributed by atoms with E-state index in [1.807, 2.05) is 44.2 Å². The van der Waals surface area contributed by atoms with Crippen LogP contribution in [0.1, 0.15) is 32.8 Å². The van der Waals surface area contributed by atoms with Gasteiger partial charge >= 0.3 is 0 Å². The molecule has 29 heavy (non-hydrogen) atoms. The predicted molar refractivity (Wildman–Crippen MR) is 128 cm³/mol. The number of pyridine rings is 1. The number of methoxy groups -OCH3 is 1. The van der Waals surface area contributed by atoms with Crippen molar-refractivity contribution in [2.75, 3.05) is 32.2 Å². The van der Waals surface area contributed by atoms with Crippen LogP contribution < -0.4 is 24.8 Å². The van der Waals surface area contributed by atoms with Crippen LogP contribution in [-0.2, 0) is 6.54 Å². The summed E-state index contributed by atoms with van der Waals surface area (Å²) in [6, 6.07) is 9.55. The van der Waals surface area contributed by atoms with Crippen molar-refractivity contribution in [2.45, 2.75) is 33.7 Å². The fourth-order valence-corrected chi connectivity index (χ4v) is 2.43. The van der Waals surface area contributed by atoms with E-state index in [4.69, 9.17) is 14.2 Å². The third kappa shape index (κ3) is 8.35. The quantitative estimate of drug-likeness (QED) is 0.277. The molecule has 1 aromatic heterocycles. The summed E-state index contributed by atoms with van der Waals surface area (Å²) < 4.78 is 16.5. The Kier molecular flexibility index (Phi) is 11.9. The fourth-order valence-electron chi connectivity index (χ4n) is 2.43. The summed E-state index contributed by atoms with van der Waals surface area (Å²) in [6.45, 7) is 8.55. The second kappa shape index (κ2) is 13.9. The smallest absolute Gasteiger partial charge is 0.213 e. The molecule has 0 amide bonds. The van der Waals surface area contributed by atoms with Crippen LogP contribution in [-0.4, -0.2) is 37.8 Å². The van der Waals surface area contributed by atoms with Crippen LogP contribution in [0.4, 0.5) is 5.69 Å². The second-order valence-corrected chi connectivity index (χ2v) is 5.97. The molecule has 2 aromatic rings. The molecule has 0 aliphatic heterocycles. The van der Waals surface area contributed by atoms with Gasteiger partial charge in [0.25, 0.3) is 0 Å². The maximum atomic E-state index is 5.56. The summed E-state index contributed by atoms with van der Waals surface area (Å²) in [5.41, 5.74) is 1.87. The van der Waals surface area contributed by atoms with Crippen LogP contribution in [0.5, 0.6) is 17.4 Å². The molecule has 0 atom stereocenters. The molecule has 0 bridgehead atoms. The van der Waals surface area contributed by atoms with E-state index in [-0.39, 0.29) is 24.0 Å². The van der Waals surface area contributed by atoms with Crippen LogP contribution in [0.25, 0.3) is 0 Å². The van der Waals surface area contributed by atoms with E-state index < -0.39 is 0 Å². The lowest BCUT2D eigenvalue weighted by Crippen LogP contribution is -2.30. The third-order valence-corrected chi connectivity index (χ3v) is 3.74. The molecule has 0 radical (unpaired) electrons. The molecule has 7 nitrogen and oxygen atoms in total. The highest BCUT2D eigenvalue weighted by molar-refractivity contribution is 14.0. The Labute approximate surface area is 190 Å². The minimum Gasteiger partial charge on any atom is -0.493 e. The van der Waals surface area contributed by atoms with Crippen molar-refractivity contribution in [1.82, 2.24) is 10.3 Å². The number of aliphatic imine (C=N–C) groups is 1. The highest BCUT2D eigenvalue weighted by Gasteiger charge is 2.07. The normalized spacial score (nSPS) is 10.7. The van der Waals surface area contributed by atoms with Gasteiger partial charge in [-0.1, -0.05) is 13.0 Å². The monoisotopic (exact) mass is 514 g/mol. The number of anilines is 1. The van der Waals surface area contributed by atoms with E-state index in [1.165, 1.54) is 0 Å². The summed E-state index contributed by atoms with van der Waals surface area (Å²) >= 11 is 0. The fraction of sp³-hybridized carbons (Fsp3) is 0.429. The number of nitrogens with zero attached hydrogens (tertiary/aromatic N) is 2. The first-order valence-electron chi connectivity index (χ1n) is 9.64. The van der Waals surface area contributed by atoms with Gasteiger partial charge < -0.3 is 24.8 Å². The van der Waals surface area contributed by atoms with E-state index in [0.717, 1.165) is 24.2 Å². The van der Waals surface area contributed by atoms with Crippen molar-refractivity contribution in [2.24, 2.45) is 4.99 Å². The Morgan fingerprint density at radius 3 is 2.52 bits per heavy atom. The first-order chi connectivity index (χ1) is 13.7. The highest BCUT2D eigenvalue weighted by atomic mass is 127. The van der Waals surface area contributed by atoms with Gasteiger partial charge in [-0.3, -0.25) is 0 Å². The van der Waals surface area contributed by atoms with Crippen LogP contribution in [0.2, 0.25) is 0 Å². The van der Waals surface area contributed by atoms with Crippen LogP contribution in [0.3, 0.4) is 0 Å². The first kappa shape index (κ1) is 24.8. The van der Waals surface area contributed by atoms with Gasteiger partial charge in [0, 0.05) is 30.6 Å². The number of aromatic nitrogens is 1. The molecule has 0 fully saturated rings. The van der Waals surface area contributed by atoms with Crippen LogP contribution >= 0.6 is 24.0 Å². The molecule has 8 heteroatoms. The van der Waals surface area contributed by atoms with E-state index >= 15 is 0 Å². The molecular formula is C21H31IN4O3. The molecule has 0 aliphatic rings. The summed E-state index contributed by atoms with van der Waals surface area (Å²) in [7, 11) is 1.63. The molecule has 0 spiro atoms. The lowest BCUT2D eigenvalue weighted by Gasteiger charge is -2.14. The van der Waals surface area contributed by atoms with Crippen molar-refractivity contribution in [1.29, 1.82) is 0 Å². The zero-order valence-corrected chi connectivity index (χ0v) is 19.9. The van der Waals surface area contributed by atoms with Gasteiger partial charge in [-0.05, 0) is 38.0 Å². The number of ether oxygens (including phenoxy) is 3. The zero-order chi connectivity index (χ0) is 20.2. The first-order valence-corrected chi connectivity index (χ1v) is 9.64. The van der Waals surface area contributed by atoms with Crippen LogP contribution in [0.15, 0.2) is 41.5 Å². The summed E-state index contributed by atoms with van der Waals surface area (Å²) in [5.74, 6) is 2.71. The lowest BCUT2D eigenvalue weighted by molar-refractivity contribution is 0.305. The van der Waals surface area contributed by atoms with Crippen molar-refractivity contribution >= 4 is 35.6 Å². The van der Waals surface area contributed by atoms with Gasteiger partial charge in [0.05, 0.1) is 26.9 Å². The van der Waals surface area contributed by atoms with Crippen molar-refractivity contribution in [3.63, 3.8) is 0 Å². The topological polar surface area (TPSA) is 77.0 Å². The molecule has 0 unspecified atom stereocenters. The molecule has 2 rings (SSSR count). The van der Waals surface area contributed by atoms with Gasteiger partial charge in [-0.2, -0.15) is 0 Å². The standard InChI is InChI=1S/C21H30N4O3.HI/c1-5-12-28-20-11-8-16(14-23-20)15-24-21(22-6-2)25-17-9-10-18(27-7-3)19(13-17)26-4;/h8-11,13-14H,5-7,12,15H2,1-4H3,(H2,22,24,25);1H. The van der Waals surface area contributed by atoms with Gasteiger partial charge in [0.15, 0.2) is 17.5 Å². The Morgan fingerprint density at radius 1 is 1.07 bits per heavy atom. The highest BCUT2D eigenvalue weighted by Crippen LogP contribution is 2.30. The minimum absolute atomic E-state index is 0. The number of benzene rings is 1. The van der Waals surface area contributed by atoms with E-state index in [2.05, 4.69) is 27.5 Å². The van der Waals surface area contributed by atoms with Crippen molar-refractivity contribution in [3.8, 4) is 17.4 Å². The number of hydrogen-bond donors (Lipinski definition) is 2. The maximum absolute atomic E-state index is 5.56. The number of nitrogens with one attached hydrogen (secondary N) is 2. The van der Waals surface area contributed by atoms with E-state index in [9.17, 15) is 0 Å². The van der Waals surface area contributed by atoms with E-state index in [1.54, 1.807) is 13.3 Å². The molecule has 0 saturated carbocycles. The third-order valence-electron chi connectivity index (χ3n) is 3.74. The average Bonchev–Trinajstić information content (AvgIpc) is 2.72. The van der Waals surface area contributed by atoms with Gasteiger partial charge in [-0.25, -0.2) is 9.98 Å². The average molecular weight is 514 g/mol. The largest absolute Gasteiger partial charge is 0.493 e. The number of guanidine groups is 1. The summed E-state index contributed by atoms with van der Waals surface area (Å²) in [5, 5.41) is 6.53. The van der Waals surface area contributed by atoms with Gasteiger partial charge in [0.2, 0.25) is 5.88 Å². The second-order valence-electron chi connectivity index (χ2n) is 5.97. The molecule has 0 saturated heterocycles. The van der Waals surface area contributed by atoms with Crippen LogP contribution in [0, 0.1) is 0 Å². The SMILES string of the molecule is CCCOc1ccc(CN=C(NCC)Nc2ccc(OCC)c(OC)c2)cn1.I. The van der Waals surface area contributed by atoms with E-state index in [0.29, 0.717) is 43.1 Å². The zero-order valence-electron chi connectivity index (χ0n) is 17.5. The Morgan fingerprint density at radius 2 is 1.90 bits per heavy atom. The van der Waals surface area contributed by atoms with Gasteiger partial charge in [-0.15, -0.1) is 24.0 Å². The molecule has 160 valence electrons. The minimum atomic E-state index is 0. The summed E-state index contributed by atoms with van der Waals surface area (Å²) in [6.07, 6.45) is 2.75. The van der Waals surface area contributed by atoms with Crippen molar-refractivity contribution in [3.05, 3.63) is 42.1 Å². The lowest BCUT2D eigenvalue weighted by atomic mass is 10.2. The predicted octanol–water partition coefficient (Wildman–Crippen LogP) is 4.47. The number of halogens is 1.